The summed E-state index contributed by atoms with van der Waals surface area (Å²) in [4.78, 5) is 21.5. The lowest BCUT2D eigenvalue weighted by atomic mass is 10.3. The highest BCUT2D eigenvalue weighted by Crippen LogP contribution is 2.37. The lowest BCUT2D eigenvalue weighted by molar-refractivity contribution is -0.143. The molecule has 3 aromatic rings. The maximum Gasteiger partial charge on any atom is 0.434 e. The molecule has 3 N–H and O–H groups in total. The summed E-state index contributed by atoms with van der Waals surface area (Å²) in [5.74, 6) is 0.521. The van der Waals surface area contributed by atoms with Crippen molar-refractivity contribution < 1.29 is 13.2 Å². The molecule has 1 aliphatic rings. The number of aromatic amines is 1. The van der Waals surface area contributed by atoms with Crippen molar-refractivity contribution >= 4 is 29.0 Å². The average Bonchev–Trinajstić information content (AvgIpc) is 3.09. The summed E-state index contributed by atoms with van der Waals surface area (Å²) in [6, 6.07) is 2.82. The number of nitrogens with zero attached hydrogens (tertiary/aromatic N) is 5. The third-order valence-electron chi connectivity index (χ3n) is 4.12. The maximum atomic E-state index is 13.1. The first-order chi connectivity index (χ1) is 13.5. The number of imidazole rings is 1. The van der Waals surface area contributed by atoms with E-state index in [9.17, 15) is 13.2 Å². The zero-order valence-corrected chi connectivity index (χ0v) is 15.4. The van der Waals surface area contributed by atoms with Crippen LogP contribution in [0.3, 0.4) is 0 Å². The first-order valence-electron chi connectivity index (χ1n) is 8.59. The molecule has 8 nitrogen and oxygen atoms in total. The second-order valence-electron chi connectivity index (χ2n) is 6.12. The standard InChI is InChI=1S/C16H17F3N8S/c17-16(18,19)12-10(2-1-3-21-12)28-11-8-22-13-14(24-11)26-15(25-13)23-9-27-6-4-20-5-7-27/h1-3,8,20H,4-7,9H2,(H2,22,23,24,25,26). The van der Waals surface area contributed by atoms with E-state index < -0.39 is 11.9 Å². The summed E-state index contributed by atoms with van der Waals surface area (Å²) in [6.07, 6.45) is -2.01. The van der Waals surface area contributed by atoms with Gasteiger partial charge in [-0.05, 0) is 12.1 Å². The van der Waals surface area contributed by atoms with Crippen molar-refractivity contribution in [3.63, 3.8) is 0 Å². The zero-order chi connectivity index (χ0) is 19.6. The minimum Gasteiger partial charge on any atom is -0.343 e. The molecule has 28 heavy (non-hydrogen) atoms. The lowest BCUT2D eigenvalue weighted by Gasteiger charge is -2.26. The number of hydrogen-bond donors (Lipinski definition) is 3. The number of hydrogen-bond acceptors (Lipinski definition) is 8. The Kier molecular flexibility index (Phi) is 5.33. The van der Waals surface area contributed by atoms with Crippen LogP contribution in [0.2, 0.25) is 0 Å². The van der Waals surface area contributed by atoms with Crippen LogP contribution in [0.25, 0.3) is 11.3 Å². The number of aromatic nitrogens is 5. The van der Waals surface area contributed by atoms with Crippen molar-refractivity contribution in [1.82, 2.24) is 35.1 Å². The smallest absolute Gasteiger partial charge is 0.343 e. The molecule has 0 amide bonds. The van der Waals surface area contributed by atoms with Crippen molar-refractivity contribution in [3.05, 3.63) is 30.2 Å². The van der Waals surface area contributed by atoms with Gasteiger partial charge in [-0.3, -0.25) is 9.88 Å². The Morgan fingerprint density at radius 2 is 2.00 bits per heavy atom. The van der Waals surface area contributed by atoms with E-state index in [0.717, 1.165) is 44.1 Å². The molecule has 4 rings (SSSR count). The molecule has 4 heterocycles. The minimum absolute atomic E-state index is 0.0276. The van der Waals surface area contributed by atoms with Crippen LogP contribution in [0.15, 0.2) is 34.4 Å². The van der Waals surface area contributed by atoms with E-state index in [4.69, 9.17) is 0 Å². The number of rotatable bonds is 5. The highest BCUT2D eigenvalue weighted by atomic mass is 32.2. The number of H-pyrrole nitrogens is 1. The molecule has 12 heteroatoms. The van der Waals surface area contributed by atoms with E-state index in [1.165, 1.54) is 18.3 Å². The van der Waals surface area contributed by atoms with Crippen molar-refractivity contribution in [3.8, 4) is 0 Å². The normalized spacial score (nSPS) is 15.8. The van der Waals surface area contributed by atoms with Gasteiger partial charge >= 0.3 is 6.18 Å². The summed E-state index contributed by atoms with van der Waals surface area (Å²) in [7, 11) is 0. The van der Waals surface area contributed by atoms with Crippen molar-refractivity contribution in [2.75, 3.05) is 38.2 Å². The van der Waals surface area contributed by atoms with Gasteiger partial charge < -0.3 is 15.6 Å². The number of anilines is 1. The molecule has 0 spiro atoms. The molecule has 148 valence electrons. The molecular formula is C16H17F3N8S. The molecule has 0 unspecified atom stereocenters. The number of piperazine rings is 1. The fourth-order valence-corrected chi connectivity index (χ4v) is 3.64. The topological polar surface area (TPSA) is 94.6 Å². The summed E-state index contributed by atoms with van der Waals surface area (Å²) in [6.45, 7) is 4.40. The first kappa shape index (κ1) is 18.9. The van der Waals surface area contributed by atoms with E-state index in [1.807, 2.05) is 0 Å². The second kappa shape index (κ2) is 7.89. The number of pyridine rings is 1. The molecule has 0 atom stereocenters. The Labute approximate surface area is 162 Å². The molecule has 1 saturated heterocycles. The van der Waals surface area contributed by atoms with Crippen LogP contribution in [-0.4, -0.2) is 62.7 Å². The molecule has 0 saturated carbocycles. The summed E-state index contributed by atoms with van der Waals surface area (Å²) in [5, 5.41) is 6.79. The van der Waals surface area contributed by atoms with Crippen molar-refractivity contribution in [2.24, 2.45) is 0 Å². The zero-order valence-electron chi connectivity index (χ0n) is 14.6. The van der Waals surface area contributed by atoms with Crippen molar-refractivity contribution in [1.29, 1.82) is 0 Å². The van der Waals surface area contributed by atoms with Gasteiger partial charge in [0, 0.05) is 37.3 Å². The highest BCUT2D eigenvalue weighted by Gasteiger charge is 2.35. The van der Waals surface area contributed by atoms with E-state index in [1.54, 1.807) is 0 Å². The van der Waals surface area contributed by atoms with E-state index >= 15 is 0 Å². The van der Waals surface area contributed by atoms with E-state index in [2.05, 4.69) is 40.5 Å². The van der Waals surface area contributed by atoms with Gasteiger partial charge in [0.1, 0.15) is 5.03 Å². The lowest BCUT2D eigenvalue weighted by Crippen LogP contribution is -2.45. The number of fused-ring (bicyclic) bond motifs is 1. The number of nitrogens with one attached hydrogen (secondary N) is 3. The van der Waals surface area contributed by atoms with Gasteiger partial charge in [-0.15, -0.1) is 0 Å². The minimum atomic E-state index is -4.53. The Morgan fingerprint density at radius 3 is 2.79 bits per heavy atom. The Balaban J connectivity index is 1.49. The van der Waals surface area contributed by atoms with E-state index in [-0.39, 0.29) is 4.90 Å². The molecule has 1 aliphatic heterocycles. The number of halogens is 3. The van der Waals surface area contributed by atoms with Crippen LogP contribution in [0.4, 0.5) is 19.1 Å². The fourth-order valence-electron chi connectivity index (χ4n) is 2.77. The Hall–Kier alpha value is -2.44. The van der Waals surface area contributed by atoms with Crippen LogP contribution in [-0.2, 0) is 6.18 Å². The van der Waals surface area contributed by atoms with Crippen LogP contribution in [0.1, 0.15) is 5.69 Å². The summed E-state index contributed by atoms with van der Waals surface area (Å²) < 4.78 is 39.3. The van der Waals surface area contributed by atoms with Crippen LogP contribution in [0, 0.1) is 0 Å². The first-order valence-corrected chi connectivity index (χ1v) is 9.40. The van der Waals surface area contributed by atoms with Gasteiger partial charge in [-0.2, -0.15) is 18.2 Å². The predicted molar refractivity (Wildman–Crippen MR) is 98.0 cm³/mol. The SMILES string of the molecule is FC(F)(F)c1ncccc1Sc1cnc2nc(NCN3CCNCC3)[nH]c2n1. The molecule has 1 fully saturated rings. The highest BCUT2D eigenvalue weighted by molar-refractivity contribution is 7.99. The van der Waals surface area contributed by atoms with E-state index in [0.29, 0.717) is 28.9 Å². The molecule has 0 aliphatic carbocycles. The molecule has 0 bridgehead atoms. The third kappa shape index (κ3) is 4.34. The van der Waals surface area contributed by atoms with Crippen LogP contribution >= 0.6 is 11.8 Å². The summed E-state index contributed by atoms with van der Waals surface area (Å²) in [5.41, 5.74) is -0.135. The molecular weight excluding hydrogens is 393 g/mol. The second-order valence-corrected chi connectivity index (χ2v) is 7.18. The van der Waals surface area contributed by atoms with Gasteiger partial charge in [-0.25, -0.2) is 9.97 Å². The number of alkyl halides is 3. The Morgan fingerprint density at radius 1 is 1.18 bits per heavy atom. The predicted octanol–water partition coefficient (Wildman–Crippen LogP) is 2.19. The van der Waals surface area contributed by atoms with Gasteiger partial charge in [0.2, 0.25) is 5.95 Å². The fraction of sp³-hybridized carbons (Fsp3) is 0.375. The van der Waals surface area contributed by atoms with Crippen molar-refractivity contribution in [2.45, 2.75) is 16.1 Å². The average molecular weight is 410 g/mol. The molecule has 3 aromatic heterocycles. The summed E-state index contributed by atoms with van der Waals surface area (Å²) >= 11 is 0.862. The van der Waals surface area contributed by atoms with Crippen LogP contribution in [0.5, 0.6) is 0 Å². The third-order valence-corrected chi connectivity index (χ3v) is 5.07. The van der Waals surface area contributed by atoms with Gasteiger partial charge in [0.05, 0.1) is 12.9 Å². The monoisotopic (exact) mass is 410 g/mol. The van der Waals surface area contributed by atoms with Crippen LogP contribution < -0.4 is 10.6 Å². The van der Waals surface area contributed by atoms with Gasteiger partial charge in [0.15, 0.2) is 17.0 Å². The van der Waals surface area contributed by atoms with Gasteiger partial charge in [-0.1, -0.05) is 11.8 Å². The van der Waals surface area contributed by atoms with Gasteiger partial charge in [0.25, 0.3) is 0 Å². The quantitative estimate of drug-likeness (QED) is 0.589. The Bertz CT molecular complexity index is 954. The largest absolute Gasteiger partial charge is 0.434 e. The molecule has 0 aromatic carbocycles. The maximum absolute atomic E-state index is 13.1. The molecule has 0 radical (unpaired) electrons.